The second-order valence-electron chi connectivity index (χ2n) is 3.10. The summed E-state index contributed by atoms with van der Waals surface area (Å²) in [5.74, 6) is -0.286. The first kappa shape index (κ1) is 11.1. The van der Waals surface area contributed by atoms with E-state index in [1.807, 2.05) is 30.3 Å². The molecule has 0 aromatic heterocycles. The van der Waals surface area contributed by atoms with Gasteiger partial charge in [-0.25, -0.2) is 0 Å². The Hall–Kier alpha value is -1.93. The maximum atomic E-state index is 11.7. The SMILES string of the molecule is CCC(=[N+]=[N-])C(=O)N(C)c1ccccc1. The average molecular weight is 203 g/mol. The normalized spacial score (nSPS) is 9.20. The molecule has 4 heteroatoms. The van der Waals surface area contributed by atoms with Gasteiger partial charge in [-0.3, -0.25) is 4.79 Å². The van der Waals surface area contributed by atoms with E-state index < -0.39 is 0 Å². The fourth-order valence-electron chi connectivity index (χ4n) is 1.23. The Bertz CT molecular complexity index is 394. The molecule has 0 aliphatic heterocycles. The van der Waals surface area contributed by atoms with Crippen molar-refractivity contribution < 1.29 is 9.58 Å². The molecule has 78 valence electrons. The van der Waals surface area contributed by atoms with Gasteiger partial charge in [0.1, 0.15) is 0 Å². The van der Waals surface area contributed by atoms with E-state index in [-0.39, 0.29) is 11.6 Å². The number of hydrogen-bond acceptors (Lipinski definition) is 1. The van der Waals surface area contributed by atoms with Crippen LogP contribution < -0.4 is 4.90 Å². The quantitative estimate of drug-likeness (QED) is 0.419. The number of benzene rings is 1. The number of amides is 1. The molecule has 0 bridgehead atoms. The van der Waals surface area contributed by atoms with Crippen LogP contribution in [-0.2, 0) is 4.79 Å². The van der Waals surface area contributed by atoms with Gasteiger partial charge >= 0.3 is 11.6 Å². The molecule has 0 atom stereocenters. The standard InChI is InChI=1S/C11H13N3O/c1-3-10(13-12)11(15)14(2)9-7-5-4-6-8-9/h4-8H,3H2,1-2H3. The Labute approximate surface area is 88.8 Å². The van der Waals surface area contributed by atoms with Crippen LogP contribution in [0.2, 0.25) is 0 Å². The van der Waals surface area contributed by atoms with Gasteiger partial charge in [0.25, 0.3) is 0 Å². The first-order chi connectivity index (χ1) is 7.20. The van der Waals surface area contributed by atoms with Crippen molar-refractivity contribution in [2.45, 2.75) is 13.3 Å². The maximum Gasteiger partial charge on any atom is 0.356 e. The molecule has 1 aromatic rings. The predicted molar refractivity (Wildman–Crippen MR) is 58.8 cm³/mol. The van der Waals surface area contributed by atoms with Crippen molar-refractivity contribution in [1.29, 1.82) is 0 Å². The van der Waals surface area contributed by atoms with Crippen molar-refractivity contribution in [2.75, 3.05) is 11.9 Å². The lowest BCUT2D eigenvalue weighted by Crippen LogP contribution is -2.33. The number of nitrogens with zero attached hydrogens (tertiary/aromatic N) is 3. The zero-order valence-corrected chi connectivity index (χ0v) is 8.84. The summed E-state index contributed by atoms with van der Waals surface area (Å²) in [6.45, 7) is 1.77. The minimum absolute atomic E-state index is 0.154. The largest absolute Gasteiger partial charge is 0.361 e. The van der Waals surface area contributed by atoms with Crippen LogP contribution >= 0.6 is 0 Å². The molecule has 0 N–H and O–H groups in total. The van der Waals surface area contributed by atoms with Crippen molar-refractivity contribution in [3.63, 3.8) is 0 Å². The van der Waals surface area contributed by atoms with Gasteiger partial charge in [0.05, 0.1) is 6.42 Å². The van der Waals surface area contributed by atoms with E-state index in [4.69, 9.17) is 5.53 Å². The molecule has 0 saturated heterocycles. The van der Waals surface area contributed by atoms with Gasteiger partial charge in [-0.05, 0) is 12.1 Å². The molecule has 1 amide bonds. The fraction of sp³-hybridized carbons (Fsp3) is 0.273. The van der Waals surface area contributed by atoms with E-state index in [1.165, 1.54) is 4.90 Å². The molecule has 0 spiro atoms. The van der Waals surface area contributed by atoms with Gasteiger partial charge in [-0.2, -0.15) is 4.79 Å². The van der Waals surface area contributed by atoms with Gasteiger partial charge in [-0.15, -0.1) is 0 Å². The zero-order chi connectivity index (χ0) is 11.3. The van der Waals surface area contributed by atoms with Crippen LogP contribution in [0.4, 0.5) is 5.69 Å². The molecule has 1 aromatic carbocycles. The first-order valence-electron chi connectivity index (χ1n) is 4.74. The average Bonchev–Trinajstić information content (AvgIpc) is 2.30. The van der Waals surface area contributed by atoms with Crippen LogP contribution in [0.25, 0.3) is 5.53 Å². The minimum Gasteiger partial charge on any atom is -0.361 e. The highest BCUT2D eigenvalue weighted by atomic mass is 16.2. The third-order valence-electron chi connectivity index (χ3n) is 2.15. The number of carbonyl (C=O) groups is 1. The molecular formula is C11H13N3O. The Morgan fingerprint density at radius 3 is 2.47 bits per heavy atom. The van der Waals surface area contributed by atoms with Gasteiger partial charge in [-0.1, -0.05) is 25.1 Å². The van der Waals surface area contributed by atoms with Crippen molar-refractivity contribution in [2.24, 2.45) is 0 Å². The summed E-state index contributed by atoms with van der Waals surface area (Å²) in [4.78, 5) is 16.2. The highest BCUT2D eigenvalue weighted by Gasteiger charge is 2.22. The van der Waals surface area contributed by atoms with E-state index in [0.717, 1.165) is 5.69 Å². The third kappa shape index (κ3) is 2.51. The first-order valence-corrected chi connectivity index (χ1v) is 4.74. The van der Waals surface area contributed by atoms with Crippen molar-refractivity contribution in [3.8, 4) is 0 Å². The van der Waals surface area contributed by atoms with Gasteiger partial charge in [0.15, 0.2) is 0 Å². The van der Waals surface area contributed by atoms with Gasteiger partial charge in [0, 0.05) is 12.7 Å². The van der Waals surface area contributed by atoms with Crippen LogP contribution in [0.15, 0.2) is 30.3 Å². The van der Waals surface area contributed by atoms with Crippen LogP contribution in [0, 0.1) is 0 Å². The topological polar surface area (TPSA) is 56.7 Å². The summed E-state index contributed by atoms with van der Waals surface area (Å²) in [6, 6.07) is 9.22. The van der Waals surface area contributed by atoms with E-state index >= 15 is 0 Å². The number of anilines is 1. The summed E-state index contributed by atoms with van der Waals surface area (Å²) in [7, 11) is 1.65. The summed E-state index contributed by atoms with van der Waals surface area (Å²) >= 11 is 0. The van der Waals surface area contributed by atoms with Crippen molar-refractivity contribution in [1.82, 2.24) is 0 Å². The zero-order valence-electron chi connectivity index (χ0n) is 8.84. The molecule has 4 nitrogen and oxygen atoms in total. The van der Waals surface area contributed by atoms with Crippen LogP contribution in [-0.4, -0.2) is 23.5 Å². The smallest absolute Gasteiger partial charge is 0.356 e. The second-order valence-corrected chi connectivity index (χ2v) is 3.10. The highest BCUT2D eigenvalue weighted by molar-refractivity contribution is 6.41. The van der Waals surface area contributed by atoms with Gasteiger partial charge < -0.3 is 10.4 Å². The molecule has 0 aliphatic carbocycles. The second kappa shape index (κ2) is 5.08. The minimum atomic E-state index is -0.286. The fourth-order valence-corrected chi connectivity index (χ4v) is 1.23. The molecular weight excluding hydrogens is 190 g/mol. The van der Waals surface area contributed by atoms with Crippen LogP contribution in [0.3, 0.4) is 0 Å². The van der Waals surface area contributed by atoms with E-state index in [1.54, 1.807) is 14.0 Å². The molecule has 0 radical (unpaired) electrons. The van der Waals surface area contributed by atoms with E-state index in [9.17, 15) is 4.79 Å². The maximum absolute atomic E-state index is 11.7. The number of carbonyl (C=O) groups excluding carboxylic acids is 1. The van der Waals surface area contributed by atoms with Crippen molar-refractivity contribution >= 4 is 17.3 Å². The molecule has 0 unspecified atom stereocenters. The third-order valence-corrected chi connectivity index (χ3v) is 2.15. The number of para-hydroxylation sites is 1. The molecule has 0 aliphatic rings. The van der Waals surface area contributed by atoms with E-state index in [2.05, 4.69) is 4.79 Å². The molecule has 0 fully saturated rings. The molecule has 15 heavy (non-hydrogen) atoms. The summed E-state index contributed by atoms with van der Waals surface area (Å²) in [5.41, 5.74) is 9.56. The van der Waals surface area contributed by atoms with Crippen molar-refractivity contribution in [3.05, 3.63) is 35.9 Å². The Kier molecular flexibility index (Phi) is 3.77. The van der Waals surface area contributed by atoms with Crippen LogP contribution in [0.1, 0.15) is 13.3 Å². The summed E-state index contributed by atoms with van der Waals surface area (Å²) in [6.07, 6.45) is 0.409. The molecule has 0 heterocycles. The lowest BCUT2D eigenvalue weighted by Gasteiger charge is -2.13. The summed E-state index contributed by atoms with van der Waals surface area (Å²) < 4.78 is 0. The van der Waals surface area contributed by atoms with Gasteiger partial charge in [0.2, 0.25) is 0 Å². The lowest BCUT2D eigenvalue weighted by molar-refractivity contribution is -0.116. The van der Waals surface area contributed by atoms with E-state index in [0.29, 0.717) is 6.42 Å². The number of rotatable bonds is 3. The van der Waals surface area contributed by atoms with Crippen LogP contribution in [0.5, 0.6) is 0 Å². The predicted octanol–water partition coefficient (Wildman–Crippen LogP) is 1.73. The summed E-state index contributed by atoms with van der Waals surface area (Å²) in [5, 5.41) is 0. The molecule has 0 saturated carbocycles. The highest BCUT2D eigenvalue weighted by Crippen LogP contribution is 2.11. The Balaban J connectivity index is 2.91. The number of hydrogen-bond donors (Lipinski definition) is 0. The molecule has 1 rings (SSSR count). The Morgan fingerprint density at radius 2 is 2.00 bits per heavy atom. The Morgan fingerprint density at radius 1 is 1.40 bits per heavy atom. The lowest BCUT2D eigenvalue weighted by atomic mass is 10.2. The monoisotopic (exact) mass is 203 g/mol.